The van der Waals surface area contributed by atoms with E-state index >= 15 is 0 Å². The predicted molar refractivity (Wildman–Crippen MR) is 81.5 cm³/mol. The number of amides is 1. The van der Waals surface area contributed by atoms with Crippen LogP contribution in [-0.4, -0.2) is 30.5 Å². The molecule has 7 heteroatoms. The average Bonchev–Trinajstić information content (AvgIpc) is 3.28. The second kappa shape index (κ2) is 6.92. The maximum atomic E-state index is 11.5. The van der Waals surface area contributed by atoms with E-state index in [1.165, 1.54) is 0 Å². The fourth-order valence-corrected chi connectivity index (χ4v) is 2.09. The van der Waals surface area contributed by atoms with E-state index < -0.39 is 4.92 Å². The third-order valence-corrected chi connectivity index (χ3v) is 3.27. The van der Waals surface area contributed by atoms with Crippen LogP contribution >= 0.6 is 0 Å². The molecule has 1 aliphatic rings. The Morgan fingerprint density at radius 3 is 2.52 bits per heavy atom. The smallest absolute Gasteiger partial charge is 0.315 e. The first-order valence-corrected chi connectivity index (χ1v) is 7.16. The molecular weight excluding hydrogens is 272 g/mol. The van der Waals surface area contributed by atoms with Crippen LogP contribution in [0.2, 0.25) is 0 Å². The molecule has 1 amide bonds. The van der Waals surface area contributed by atoms with Crippen LogP contribution < -0.4 is 16.0 Å². The van der Waals surface area contributed by atoms with E-state index in [0.29, 0.717) is 31.0 Å². The first-order valence-electron chi connectivity index (χ1n) is 7.16. The van der Waals surface area contributed by atoms with Gasteiger partial charge in [0.2, 0.25) is 5.91 Å². The lowest BCUT2D eigenvalue weighted by Gasteiger charge is -2.11. The Kier molecular flexibility index (Phi) is 4.97. The highest BCUT2D eigenvalue weighted by Gasteiger charge is 2.29. The molecule has 0 atom stereocenters. The fraction of sp³-hybridized carbons (Fsp3) is 0.500. The van der Waals surface area contributed by atoms with E-state index in [2.05, 4.69) is 16.0 Å². The lowest BCUT2D eigenvalue weighted by atomic mass is 10.2. The molecule has 114 valence electrons. The molecule has 0 aromatic heterocycles. The normalized spacial score (nSPS) is 13.6. The molecule has 1 aromatic carbocycles. The van der Waals surface area contributed by atoms with Crippen molar-refractivity contribution >= 4 is 23.0 Å². The number of para-hydroxylation sites is 1. The van der Waals surface area contributed by atoms with Crippen LogP contribution in [0.3, 0.4) is 0 Å². The van der Waals surface area contributed by atoms with Gasteiger partial charge in [-0.3, -0.25) is 14.9 Å². The molecule has 3 N–H and O–H groups in total. The highest BCUT2D eigenvalue weighted by Crippen LogP contribution is 2.32. The lowest BCUT2D eigenvalue weighted by Crippen LogP contribution is -2.29. The van der Waals surface area contributed by atoms with E-state index in [-0.39, 0.29) is 17.5 Å². The molecular formula is C14H20N4O3. The van der Waals surface area contributed by atoms with E-state index in [1.54, 1.807) is 18.2 Å². The summed E-state index contributed by atoms with van der Waals surface area (Å²) >= 11 is 0. The zero-order chi connectivity index (χ0) is 15.2. The second-order valence-electron chi connectivity index (χ2n) is 4.98. The summed E-state index contributed by atoms with van der Waals surface area (Å²) in [6.45, 7) is 3.41. The molecule has 0 spiro atoms. The molecule has 7 nitrogen and oxygen atoms in total. The molecule has 0 radical (unpaired) electrons. The number of nitro groups is 1. The van der Waals surface area contributed by atoms with E-state index in [0.717, 1.165) is 12.8 Å². The van der Waals surface area contributed by atoms with Crippen molar-refractivity contribution in [1.82, 2.24) is 5.32 Å². The summed E-state index contributed by atoms with van der Waals surface area (Å²) in [7, 11) is 0. The van der Waals surface area contributed by atoms with Gasteiger partial charge in [-0.2, -0.15) is 0 Å². The number of rotatable bonds is 8. The molecule has 0 aliphatic heterocycles. The summed E-state index contributed by atoms with van der Waals surface area (Å²) in [6.07, 6.45) is 1.94. The third kappa shape index (κ3) is 4.08. The van der Waals surface area contributed by atoms with E-state index in [4.69, 9.17) is 0 Å². The summed E-state index contributed by atoms with van der Waals surface area (Å²) in [4.78, 5) is 22.3. The summed E-state index contributed by atoms with van der Waals surface area (Å²) in [5.74, 6) is 0.254. The van der Waals surface area contributed by atoms with E-state index in [1.807, 2.05) is 6.92 Å². The minimum Gasteiger partial charge on any atom is -0.380 e. The quantitative estimate of drug-likeness (QED) is 0.387. The first-order chi connectivity index (χ1) is 10.1. The monoisotopic (exact) mass is 292 g/mol. The summed E-state index contributed by atoms with van der Waals surface area (Å²) in [5, 5.41) is 20.0. The standard InChI is InChI=1S/C14H20N4O3/c1-2-15-11-4-3-5-12(13(11)18(20)21)16-8-9-17-14(19)10-6-7-10/h3-5,10,15-16H,2,6-9H2,1H3,(H,17,19). The van der Waals surface area contributed by atoms with Crippen LogP contribution in [0.1, 0.15) is 19.8 Å². The van der Waals surface area contributed by atoms with Crippen molar-refractivity contribution in [2.75, 3.05) is 30.3 Å². The van der Waals surface area contributed by atoms with Crippen molar-refractivity contribution in [2.45, 2.75) is 19.8 Å². The molecule has 2 rings (SSSR count). The summed E-state index contributed by atoms with van der Waals surface area (Å²) in [5.41, 5.74) is 0.988. The largest absolute Gasteiger partial charge is 0.380 e. The minimum absolute atomic E-state index is 0.0351. The lowest BCUT2D eigenvalue weighted by molar-refractivity contribution is -0.383. The predicted octanol–water partition coefficient (Wildman–Crippen LogP) is 1.96. The van der Waals surface area contributed by atoms with Crippen molar-refractivity contribution in [1.29, 1.82) is 0 Å². The molecule has 0 bridgehead atoms. The molecule has 0 heterocycles. The van der Waals surface area contributed by atoms with Crippen LogP contribution in [0.15, 0.2) is 18.2 Å². The zero-order valence-corrected chi connectivity index (χ0v) is 12.0. The number of hydrogen-bond donors (Lipinski definition) is 3. The molecule has 1 aromatic rings. The molecule has 1 saturated carbocycles. The number of hydrogen-bond acceptors (Lipinski definition) is 5. The van der Waals surface area contributed by atoms with Gasteiger partial charge in [0, 0.05) is 25.6 Å². The molecule has 21 heavy (non-hydrogen) atoms. The highest BCUT2D eigenvalue weighted by molar-refractivity contribution is 5.81. The summed E-state index contributed by atoms with van der Waals surface area (Å²) < 4.78 is 0. The number of anilines is 2. The number of carbonyl (C=O) groups excluding carboxylic acids is 1. The zero-order valence-electron chi connectivity index (χ0n) is 12.0. The second-order valence-corrected chi connectivity index (χ2v) is 4.98. The highest BCUT2D eigenvalue weighted by atomic mass is 16.6. The van der Waals surface area contributed by atoms with Gasteiger partial charge in [0.25, 0.3) is 0 Å². The number of nitro benzene ring substituents is 1. The van der Waals surface area contributed by atoms with Crippen molar-refractivity contribution in [3.8, 4) is 0 Å². The number of nitrogens with zero attached hydrogens (tertiary/aromatic N) is 1. The Labute approximate surface area is 123 Å². The molecule has 0 unspecified atom stereocenters. The Morgan fingerprint density at radius 2 is 1.95 bits per heavy atom. The van der Waals surface area contributed by atoms with Gasteiger partial charge in [0.15, 0.2) is 0 Å². The average molecular weight is 292 g/mol. The van der Waals surface area contributed by atoms with Gasteiger partial charge in [0.05, 0.1) is 4.92 Å². The topological polar surface area (TPSA) is 96.3 Å². The van der Waals surface area contributed by atoms with Gasteiger partial charge in [-0.1, -0.05) is 6.07 Å². The first kappa shape index (κ1) is 15.1. The molecule has 0 saturated heterocycles. The number of carbonyl (C=O) groups is 1. The maximum Gasteiger partial charge on any atom is 0.315 e. The van der Waals surface area contributed by atoms with Crippen molar-refractivity contribution in [3.05, 3.63) is 28.3 Å². The summed E-state index contributed by atoms with van der Waals surface area (Å²) in [6, 6.07) is 5.11. The fourth-order valence-electron chi connectivity index (χ4n) is 2.09. The molecule has 1 fully saturated rings. The Hall–Kier alpha value is -2.31. The van der Waals surface area contributed by atoms with Gasteiger partial charge >= 0.3 is 5.69 Å². The number of nitrogens with one attached hydrogen (secondary N) is 3. The van der Waals surface area contributed by atoms with Gasteiger partial charge in [-0.15, -0.1) is 0 Å². The van der Waals surface area contributed by atoms with Crippen LogP contribution in [0.4, 0.5) is 17.1 Å². The maximum absolute atomic E-state index is 11.5. The Bertz CT molecular complexity index is 529. The van der Waals surface area contributed by atoms with Crippen molar-refractivity contribution < 1.29 is 9.72 Å². The number of benzene rings is 1. The van der Waals surface area contributed by atoms with Crippen LogP contribution in [0.5, 0.6) is 0 Å². The van der Waals surface area contributed by atoms with Gasteiger partial charge in [0.1, 0.15) is 11.4 Å². The van der Waals surface area contributed by atoms with Gasteiger partial charge < -0.3 is 16.0 Å². The van der Waals surface area contributed by atoms with Crippen molar-refractivity contribution in [2.24, 2.45) is 5.92 Å². The SMILES string of the molecule is CCNc1cccc(NCCNC(=O)C2CC2)c1[N+](=O)[O-]. The van der Waals surface area contributed by atoms with Gasteiger partial charge in [-0.05, 0) is 31.9 Å². The third-order valence-electron chi connectivity index (χ3n) is 3.27. The van der Waals surface area contributed by atoms with Crippen molar-refractivity contribution in [3.63, 3.8) is 0 Å². The van der Waals surface area contributed by atoms with Crippen LogP contribution in [0, 0.1) is 16.0 Å². The minimum atomic E-state index is -0.400. The van der Waals surface area contributed by atoms with E-state index in [9.17, 15) is 14.9 Å². The van der Waals surface area contributed by atoms with Crippen LogP contribution in [0.25, 0.3) is 0 Å². The Morgan fingerprint density at radius 1 is 1.29 bits per heavy atom. The van der Waals surface area contributed by atoms with Gasteiger partial charge in [-0.25, -0.2) is 0 Å². The molecule has 1 aliphatic carbocycles. The van der Waals surface area contributed by atoms with Crippen LogP contribution in [-0.2, 0) is 4.79 Å². The Balaban J connectivity index is 1.93.